The molecule has 11 heavy (non-hydrogen) atoms. The monoisotopic (exact) mass is 150 g/mol. The maximum atomic E-state index is 10.7. The van der Waals surface area contributed by atoms with Crippen LogP contribution in [0, 0.1) is 0 Å². The Morgan fingerprint density at radius 2 is 1.73 bits per heavy atom. The van der Waals surface area contributed by atoms with Crippen LogP contribution in [0.5, 0.6) is 0 Å². The highest BCUT2D eigenvalue weighted by atomic mass is 16.3. The van der Waals surface area contributed by atoms with E-state index in [9.17, 15) is 14.4 Å². The van der Waals surface area contributed by atoms with Crippen LogP contribution in [0.4, 0.5) is 0 Å². The fourth-order valence-corrected chi connectivity index (χ4v) is 1.02. The van der Waals surface area contributed by atoms with Crippen LogP contribution < -0.4 is 5.43 Å². The average Bonchev–Trinajstić information content (AvgIpc) is 2.58. The standard InChI is InChI=1S/C7H2O4/c8-2-1-3(9)6(10)5-4(2)7(5)11/h1,8H. The van der Waals surface area contributed by atoms with Crippen molar-refractivity contribution >= 4 is 17.3 Å². The molecule has 0 bridgehead atoms. The minimum atomic E-state index is -0.827. The molecule has 1 aromatic rings. The zero-order valence-electron chi connectivity index (χ0n) is 5.25. The summed E-state index contributed by atoms with van der Waals surface area (Å²) in [6.07, 6.45) is 0.770. The highest BCUT2D eigenvalue weighted by molar-refractivity contribution is 6.51. The van der Waals surface area contributed by atoms with E-state index < -0.39 is 17.0 Å². The minimum Gasteiger partial charge on any atom is -0.507 e. The van der Waals surface area contributed by atoms with Crippen LogP contribution in [-0.2, 0) is 4.79 Å². The molecule has 4 heteroatoms. The Hall–Kier alpha value is -1.71. The number of aliphatic hydroxyl groups is 1. The molecule has 0 saturated carbocycles. The SMILES string of the molecule is O=C1C=C(O)c2c(c2=O)C1=O. The molecule has 0 fully saturated rings. The lowest BCUT2D eigenvalue weighted by Crippen LogP contribution is -2.12. The number of ketones is 2. The number of Topliss-reactive ketones (excluding diaryl/α,β-unsaturated/α-hetero) is 1. The number of carbonyl (C=O) groups is 2. The van der Waals surface area contributed by atoms with Crippen LogP contribution in [0.15, 0.2) is 10.9 Å². The van der Waals surface area contributed by atoms with Crippen LogP contribution in [0.25, 0.3) is 5.76 Å². The van der Waals surface area contributed by atoms with Crippen molar-refractivity contribution in [3.8, 4) is 0 Å². The molecule has 1 aromatic carbocycles. The van der Waals surface area contributed by atoms with E-state index in [0.717, 1.165) is 6.08 Å². The summed E-state index contributed by atoms with van der Waals surface area (Å²) >= 11 is 0. The molecule has 1 N–H and O–H groups in total. The predicted octanol–water partition coefficient (Wildman–Crippen LogP) is -0.413. The molecule has 1 aliphatic rings. The molecule has 0 unspecified atom stereocenters. The highest BCUT2D eigenvalue weighted by Gasteiger charge is 2.38. The molecule has 0 radical (unpaired) electrons. The van der Waals surface area contributed by atoms with Crippen LogP contribution in [-0.4, -0.2) is 16.7 Å². The Morgan fingerprint density at radius 1 is 1.09 bits per heavy atom. The number of aliphatic hydroxyl groups excluding tert-OH is 1. The van der Waals surface area contributed by atoms with E-state index in [-0.39, 0.29) is 16.9 Å². The maximum absolute atomic E-state index is 10.7. The lowest BCUT2D eigenvalue weighted by molar-refractivity contribution is -0.111. The van der Waals surface area contributed by atoms with Gasteiger partial charge in [-0.15, -0.1) is 0 Å². The molecule has 0 spiro atoms. The second-order valence-corrected chi connectivity index (χ2v) is 2.30. The Labute approximate surface area is 60.4 Å². The van der Waals surface area contributed by atoms with Gasteiger partial charge in [0.25, 0.3) is 0 Å². The number of rotatable bonds is 0. The smallest absolute Gasteiger partial charge is 0.237 e. The molecule has 2 rings (SSSR count). The van der Waals surface area contributed by atoms with Gasteiger partial charge in [-0.25, -0.2) is 0 Å². The Kier molecular flexibility index (Phi) is 0.808. The van der Waals surface area contributed by atoms with Crippen LogP contribution in [0.1, 0.15) is 15.9 Å². The van der Waals surface area contributed by atoms with Crippen molar-refractivity contribution < 1.29 is 14.7 Å². The van der Waals surface area contributed by atoms with Gasteiger partial charge in [-0.05, 0) is 0 Å². The van der Waals surface area contributed by atoms with Crippen molar-refractivity contribution in [2.24, 2.45) is 0 Å². The minimum absolute atomic E-state index is 0.00889. The van der Waals surface area contributed by atoms with Crippen molar-refractivity contribution in [3.63, 3.8) is 0 Å². The van der Waals surface area contributed by atoms with E-state index in [1.807, 2.05) is 0 Å². The third-order valence-corrected chi connectivity index (χ3v) is 1.62. The van der Waals surface area contributed by atoms with Crippen molar-refractivity contribution in [3.05, 3.63) is 27.4 Å². The lowest BCUT2D eigenvalue weighted by atomic mass is 10.1. The Bertz CT molecular complexity index is 415. The van der Waals surface area contributed by atoms with E-state index in [2.05, 4.69) is 0 Å². The van der Waals surface area contributed by atoms with E-state index >= 15 is 0 Å². The third kappa shape index (κ3) is 0.556. The molecule has 0 aromatic heterocycles. The topological polar surface area (TPSA) is 71.4 Å². The van der Waals surface area contributed by atoms with Gasteiger partial charge in [-0.1, -0.05) is 0 Å². The second-order valence-electron chi connectivity index (χ2n) is 2.30. The normalized spacial score (nSPS) is 16.9. The van der Waals surface area contributed by atoms with Gasteiger partial charge in [-0.3, -0.25) is 14.4 Å². The van der Waals surface area contributed by atoms with Gasteiger partial charge >= 0.3 is 0 Å². The molecule has 4 nitrogen and oxygen atoms in total. The fraction of sp³-hybridized carbons (Fsp3) is 0. The summed E-state index contributed by atoms with van der Waals surface area (Å²) in [7, 11) is 0. The second kappa shape index (κ2) is 1.47. The third-order valence-electron chi connectivity index (χ3n) is 1.62. The van der Waals surface area contributed by atoms with Crippen molar-refractivity contribution in [2.45, 2.75) is 0 Å². The summed E-state index contributed by atoms with van der Waals surface area (Å²) in [6, 6.07) is 0. The fourth-order valence-electron chi connectivity index (χ4n) is 1.02. The number of hydrogen-bond donors (Lipinski definition) is 1. The summed E-state index contributed by atoms with van der Waals surface area (Å²) in [6.45, 7) is 0. The van der Waals surface area contributed by atoms with E-state index in [1.165, 1.54) is 0 Å². The number of allylic oxidation sites excluding steroid dienone is 1. The van der Waals surface area contributed by atoms with E-state index in [0.29, 0.717) is 0 Å². The molecule has 0 amide bonds. The molecule has 0 heterocycles. The lowest BCUT2D eigenvalue weighted by Gasteiger charge is -1.94. The summed E-state index contributed by atoms with van der Waals surface area (Å²) < 4.78 is 0. The maximum Gasteiger partial charge on any atom is 0.237 e. The Morgan fingerprint density at radius 3 is 2.36 bits per heavy atom. The summed E-state index contributed by atoms with van der Waals surface area (Å²) in [5.74, 6) is -2.01. The quantitative estimate of drug-likeness (QED) is 0.510. The van der Waals surface area contributed by atoms with Crippen LogP contribution >= 0.6 is 0 Å². The van der Waals surface area contributed by atoms with Crippen molar-refractivity contribution in [2.75, 3.05) is 0 Å². The largest absolute Gasteiger partial charge is 0.507 e. The van der Waals surface area contributed by atoms with Gasteiger partial charge in [-0.2, -0.15) is 0 Å². The summed E-state index contributed by atoms with van der Waals surface area (Å²) in [5, 5.41) is 8.89. The first kappa shape index (κ1) is 6.03. The molecule has 0 saturated heterocycles. The predicted molar refractivity (Wildman–Crippen MR) is 35.0 cm³/mol. The van der Waals surface area contributed by atoms with Crippen molar-refractivity contribution in [1.82, 2.24) is 0 Å². The van der Waals surface area contributed by atoms with E-state index in [4.69, 9.17) is 5.11 Å². The van der Waals surface area contributed by atoms with Gasteiger partial charge in [0.1, 0.15) is 5.76 Å². The first-order valence-electron chi connectivity index (χ1n) is 2.91. The van der Waals surface area contributed by atoms with Crippen LogP contribution in [0.2, 0.25) is 0 Å². The van der Waals surface area contributed by atoms with Gasteiger partial charge < -0.3 is 5.11 Å². The summed E-state index contributed by atoms with van der Waals surface area (Å²) in [5.41, 5.74) is -0.640. The van der Waals surface area contributed by atoms with Gasteiger partial charge in [0, 0.05) is 6.08 Å². The number of fused-ring (bicyclic) bond motifs is 1. The van der Waals surface area contributed by atoms with Crippen molar-refractivity contribution in [1.29, 1.82) is 0 Å². The Balaban J connectivity index is 2.66. The summed E-state index contributed by atoms with van der Waals surface area (Å²) in [4.78, 5) is 32.0. The number of carbonyl (C=O) groups excluding carboxylic acids is 2. The first-order chi connectivity index (χ1) is 5.13. The first-order valence-corrected chi connectivity index (χ1v) is 2.91. The molecule has 0 aliphatic heterocycles. The highest BCUT2D eigenvalue weighted by Crippen LogP contribution is 2.23. The molecular formula is C7H2O4. The zero-order valence-corrected chi connectivity index (χ0v) is 5.25. The van der Waals surface area contributed by atoms with E-state index in [1.54, 1.807) is 0 Å². The molecule has 54 valence electrons. The zero-order chi connectivity index (χ0) is 8.17. The number of hydrogen-bond acceptors (Lipinski definition) is 4. The van der Waals surface area contributed by atoms with Crippen LogP contribution in [0.3, 0.4) is 0 Å². The molecule has 0 atom stereocenters. The molecular weight excluding hydrogens is 148 g/mol. The van der Waals surface area contributed by atoms with Gasteiger partial charge in [0.05, 0.1) is 11.1 Å². The van der Waals surface area contributed by atoms with Gasteiger partial charge in [0.15, 0.2) is 0 Å². The van der Waals surface area contributed by atoms with Gasteiger partial charge in [0.2, 0.25) is 17.0 Å². The molecule has 1 aliphatic carbocycles. The average molecular weight is 150 g/mol.